The lowest BCUT2D eigenvalue weighted by molar-refractivity contribution is -0.118. The third kappa shape index (κ3) is 6.17. The van der Waals surface area contributed by atoms with Gasteiger partial charge in [-0.1, -0.05) is 12.8 Å². The van der Waals surface area contributed by atoms with E-state index in [0.29, 0.717) is 23.6 Å². The summed E-state index contributed by atoms with van der Waals surface area (Å²) in [6, 6.07) is 13.7. The molecule has 1 fully saturated rings. The number of nitriles is 1. The average Bonchev–Trinajstić information content (AvgIpc) is 3.67. The van der Waals surface area contributed by atoms with Crippen LogP contribution in [0.15, 0.2) is 61.1 Å². The molecule has 3 N–H and O–H groups in total. The van der Waals surface area contributed by atoms with Crippen LogP contribution in [0.2, 0.25) is 0 Å². The van der Waals surface area contributed by atoms with Crippen molar-refractivity contribution < 1.29 is 9.59 Å². The van der Waals surface area contributed by atoms with Gasteiger partial charge in [0.1, 0.15) is 17.8 Å². The molecule has 34 heavy (non-hydrogen) atoms. The number of carbonyl (C=O) groups is 2. The zero-order chi connectivity index (χ0) is 23.9. The van der Waals surface area contributed by atoms with Gasteiger partial charge < -0.3 is 16.0 Å². The van der Waals surface area contributed by atoms with Crippen molar-refractivity contribution in [2.75, 3.05) is 10.6 Å². The zero-order valence-electron chi connectivity index (χ0n) is 18.9. The van der Waals surface area contributed by atoms with E-state index >= 15 is 0 Å². The first-order chi connectivity index (χ1) is 16.5. The second kappa shape index (κ2) is 10.6. The lowest BCUT2D eigenvalue weighted by Crippen LogP contribution is -2.44. The molecule has 1 saturated carbocycles. The van der Waals surface area contributed by atoms with E-state index in [9.17, 15) is 9.59 Å². The summed E-state index contributed by atoms with van der Waals surface area (Å²) in [5.41, 5.74) is 3.84. The molecule has 2 heterocycles. The van der Waals surface area contributed by atoms with Crippen molar-refractivity contribution in [2.45, 2.75) is 38.6 Å². The Hall–Kier alpha value is -4.25. The molecule has 1 aliphatic carbocycles. The highest BCUT2D eigenvalue weighted by Gasteiger charge is 2.27. The Morgan fingerprint density at radius 3 is 2.50 bits per heavy atom. The van der Waals surface area contributed by atoms with Gasteiger partial charge >= 0.3 is 0 Å². The van der Waals surface area contributed by atoms with Crippen molar-refractivity contribution in [3.63, 3.8) is 0 Å². The Labute approximate surface area is 198 Å². The molecule has 0 saturated heterocycles. The number of amides is 2. The summed E-state index contributed by atoms with van der Waals surface area (Å²) >= 11 is 0. The number of benzene rings is 1. The van der Waals surface area contributed by atoms with E-state index in [2.05, 4.69) is 25.9 Å². The summed E-state index contributed by atoms with van der Waals surface area (Å²) in [6.45, 7) is 1.87. The summed E-state index contributed by atoms with van der Waals surface area (Å²) in [5, 5.41) is 17.9. The van der Waals surface area contributed by atoms with Gasteiger partial charge in [-0.15, -0.1) is 0 Å². The highest BCUT2D eigenvalue weighted by molar-refractivity contribution is 6.02. The predicted octanol–water partition coefficient (Wildman–Crippen LogP) is 4.33. The van der Waals surface area contributed by atoms with Gasteiger partial charge in [-0.3, -0.25) is 14.6 Å². The first-order valence-electron chi connectivity index (χ1n) is 11.3. The van der Waals surface area contributed by atoms with Crippen molar-refractivity contribution >= 4 is 28.9 Å². The van der Waals surface area contributed by atoms with Crippen LogP contribution in [0.4, 0.5) is 17.1 Å². The number of aromatic nitrogens is 2. The Balaban J connectivity index is 1.43. The van der Waals surface area contributed by atoms with Gasteiger partial charge in [0.15, 0.2) is 0 Å². The molecule has 0 aliphatic heterocycles. The van der Waals surface area contributed by atoms with E-state index in [0.717, 1.165) is 23.4 Å². The van der Waals surface area contributed by atoms with E-state index in [1.807, 2.05) is 37.3 Å². The molecule has 1 aliphatic rings. The molecule has 3 aromatic rings. The molecular formula is C26H26N6O2. The first kappa shape index (κ1) is 22.9. The van der Waals surface area contributed by atoms with E-state index in [1.165, 1.54) is 25.1 Å². The molecule has 0 bridgehead atoms. The molecule has 0 spiro atoms. The maximum absolute atomic E-state index is 13.1. The molecular weight excluding hydrogens is 428 g/mol. The number of nitrogens with zero attached hydrogens (tertiary/aromatic N) is 3. The smallest absolute Gasteiger partial charge is 0.252 e. The van der Waals surface area contributed by atoms with Crippen molar-refractivity contribution in [3.8, 4) is 6.07 Å². The minimum absolute atomic E-state index is 0.272. The molecule has 0 radical (unpaired) electrons. The molecule has 8 nitrogen and oxygen atoms in total. The molecule has 1 atom stereocenters. The van der Waals surface area contributed by atoms with Crippen LogP contribution in [-0.4, -0.2) is 27.8 Å². The van der Waals surface area contributed by atoms with Gasteiger partial charge in [0.25, 0.3) is 5.91 Å². The van der Waals surface area contributed by atoms with Crippen LogP contribution < -0.4 is 16.0 Å². The Bertz CT molecular complexity index is 1200. The lowest BCUT2D eigenvalue weighted by atomic mass is 10.0. The fraction of sp³-hybridized carbons (Fsp3) is 0.269. The third-order valence-electron chi connectivity index (χ3n) is 5.77. The van der Waals surface area contributed by atoms with Crippen molar-refractivity contribution in [2.24, 2.45) is 5.92 Å². The Kier molecular flexibility index (Phi) is 7.13. The van der Waals surface area contributed by atoms with Crippen LogP contribution in [0, 0.1) is 24.2 Å². The molecule has 2 amide bonds. The van der Waals surface area contributed by atoms with Gasteiger partial charge in [0.2, 0.25) is 5.91 Å². The molecule has 172 valence electrons. The minimum atomic E-state index is -0.669. The van der Waals surface area contributed by atoms with E-state index < -0.39 is 6.04 Å². The number of aryl methyl sites for hydroxylation is 1. The quantitative estimate of drug-likeness (QED) is 0.443. The average molecular weight is 455 g/mol. The maximum Gasteiger partial charge on any atom is 0.252 e. The highest BCUT2D eigenvalue weighted by atomic mass is 16.2. The molecule has 2 aromatic heterocycles. The second-order valence-corrected chi connectivity index (χ2v) is 8.47. The van der Waals surface area contributed by atoms with Crippen molar-refractivity contribution in [1.29, 1.82) is 5.26 Å². The van der Waals surface area contributed by atoms with Gasteiger partial charge in [-0.25, -0.2) is 4.98 Å². The van der Waals surface area contributed by atoms with E-state index in [1.54, 1.807) is 24.5 Å². The summed E-state index contributed by atoms with van der Waals surface area (Å²) in [6.07, 6.45) is 8.65. The summed E-state index contributed by atoms with van der Waals surface area (Å²) in [7, 11) is 0. The molecule has 1 aromatic carbocycles. The van der Waals surface area contributed by atoms with Crippen LogP contribution in [0.5, 0.6) is 0 Å². The fourth-order valence-corrected chi connectivity index (χ4v) is 3.68. The number of hydrogen-bond donors (Lipinski definition) is 3. The maximum atomic E-state index is 13.1. The molecule has 4 rings (SSSR count). The van der Waals surface area contributed by atoms with E-state index in [4.69, 9.17) is 5.26 Å². The van der Waals surface area contributed by atoms with E-state index in [-0.39, 0.29) is 17.5 Å². The number of hydrogen-bond acceptors (Lipinski definition) is 6. The summed E-state index contributed by atoms with van der Waals surface area (Å²) < 4.78 is 0. The van der Waals surface area contributed by atoms with Gasteiger partial charge in [-0.05, 0) is 73.7 Å². The van der Waals surface area contributed by atoms with Crippen molar-refractivity contribution in [1.82, 2.24) is 15.3 Å². The normalized spacial score (nSPS) is 13.4. The highest BCUT2D eigenvalue weighted by Crippen LogP contribution is 2.34. The topological polar surface area (TPSA) is 120 Å². The van der Waals surface area contributed by atoms with Crippen molar-refractivity contribution in [3.05, 3.63) is 77.9 Å². The largest absolute Gasteiger partial charge is 0.355 e. The zero-order valence-corrected chi connectivity index (χ0v) is 18.9. The first-order valence-corrected chi connectivity index (χ1v) is 11.3. The van der Waals surface area contributed by atoms with Crippen LogP contribution in [0.25, 0.3) is 0 Å². The standard InChI is InChI=1S/C26H26N6O2/c1-17-14-20(30-19-10-12-28-13-11-19)7-8-23(17)25(33)32-24(9-4-18-2-3-18)26(34)31-22-6-5-21(15-27)29-16-22/h5-8,10-14,16,18,24H,2-4,9H2,1H3,(H,28,30)(H,31,34)(H,32,33). The van der Waals surface area contributed by atoms with Gasteiger partial charge in [0.05, 0.1) is 11.9 Å². The SMILES string of the molecule is Cc1cc(Nc2ccncc2)ccc1C(=O)NC(CCC1CC1)C(=O)Nc1ccc(C#N)nc1. The number of anilines is 3. The molecule has 1 unspecified atom stereocenters. The fourth-order valence-electron chi connectivity index (χ4n) is 3.68. The second-order valence-electron chi connectivity index (χ2n) is 8.47. The number of rotatable bonds is 9. The Morgan fingerprint density at radius 1 is 1.09 bits per heavy atom. The number of pyridine rings is 2. The minimum Gasteiger partial charge on any atom is -0.355 e. The third-order valence-corrected chi connectivity index (χ3v) is 5.77. The summed E-state index contributed by atoms with van der Waals surface area (Å²) in [4.78, 5) is 34.0. The number of nitrogens with one attached hydrogen (secondary N) is 3. The molecule has 8 heteroatoms. The van der Waals surface area contributed by atoms with Crippen LogP contribution >= 0.6 is 0 Å². The van der Waals surface area contributed by atoms with Crippen LogP contribution in [-0.2, 0) is 4.79 Å². The van der Waals surface area contributed by atoms with Gasteiger partial charge in [-0.2, -0.15) is 5.26 Å². The number of carbonyl (C=O) groups excluding carboxylic acids is 2. The monoisotopic (exact) mass is 454 g/mol. The predicted molar refractivity (Wildman–Crippen MR) is 129 cm³/mol. The summed E-state index contributed by atoms with van der Waals surface area (Å²) in [5.74, 6) is 0.0417. The Morgan fingerprint density at radius 2 is 1.85 bits per heavy atom. The lowest BCUT2D eigenvalue weighted by Gasteiger charge is -2.19. The van der Waals surface area contributed by atoms with Gasteiger partial charge in [0, 0.05) is 29.3 Å². The van der Waals surface area contributed by atoms with Crippen LogP contribution in [0.1, 0.15) is 47.3 Å². The van der Waals surface area contributed by atoms with Crippen LogP contribution in [0.3, 0.4) is 0 Å².